The van der Waals surface area contributed by atoms with Crippen LogP contribution in [0, 0.1) is 5.82 Å². The lowest BCUT2D eigenvalue weighted by Gasteiger charge is -2.47. The Hall–Kier alpha value is -5.98. The number of hydrogen-bond acceptors (Lipinski definition) is 13. The molecule has 1 aliphatic carbocycles. The largest absolute Gasteiger partial charge is 0.478 e. The van der Waals surface area contributed by atoms with Crippen molar-refractivity contribution in [3.8, 4) is 5.75 Å². The van der Waals surface area contributed by atoms with Gasteiger partial charge < -0.3 is 34.5 Å². The van der Waals surface area contributed by atoms with Crippen molar-refractivity contribution in [2.45, 2.75) is 101 Å². The van der Waals surface area contributed by atoms with Crippen molar-refractivity contribution in [1.82, 2.24) is 35.0 Å². The summed E-state index contributed by atoms with van der Waals surface area (Å²) in [5.41, 5.74) is 1.63. The van der Waals surface area contributed by atoms with E-state index in [1.807, 2.05) is 12.1 Å². The lowest BCUT2D eigenvalue weighted by Crippen LogP contribution is -2.54. The first kappa shape index (κ1) is 44.2. The molecule has 65 heavy (non-hydrogen) atoms. The van der Waals surface area contributed by atoms with Crippen molar-refractivity contribution >= 4 is 69.5 Å². The van der Waals surface area contributed by atoms with E-state index < -0.39 is 53.6 Å². The number of nitrogens with one attached hydrogen (secondary N) is 3. The van der Waals surface area contributed by atoms with Gasteiger partial charge in [-0.15, -0.1) is 0 Å². The summed E-state index contributed by atoms with van der Waals surface area (Å²) in [6.07, 6.45) is 7.38. The van der Waals surface area contributed by atoms with Gasteiger partial charge >= 0.3 is 0 Å². The molecule has 19 heteroatoms. The fourth-order valence-electron chi connectivity index (χ4n) is 9.76. The number of pyridine rings is 1. The molecule has 0 spiro atoms. The van der Waals surface area contributed by atoms with E-state index in [4.69, 9.17) is 21.1 Å². The monoisotopic (exact) mass is 911 g/mol. The number of amides is 5. The van der Waals surface area contributed by atoms with Crippen LogP contribution in [0.15, 0.2) is 47.4 Å². The zero-order chi connectivity index (χ0) is 45.7. The van der Waals surface area contributed by atoms with Crippen LogP contribution >= 0.6 is 11.6 Å². The number of likely N-dealkylation sites (tertiary alicyclic amines) is 1. The highest BCUT2D eigenvalue weighted by molar-refractivity contribution is 6.33. The third-order valence-corrected chi connectivity index (χ3v) is 13.7. The van der Waals surface area contributed by atoms with Crippen LogP contribution in [-0.2, 0) is 19.1 Å². The van der Waals surface area contributed by atoms with Gasteiger partial charge in [0, 0.05) is 44.0 Å². The number of fused-ring (bicyclic) bond motifs is 2. The normalized spacial score (nSPS) is 22.0. The molecule has 0 radical (unpaired) electrons. The SMILES string of the molecule is CNC(=O)COc1cc2c(F)c(Nc3nc(N4CCC(O[C@H]5C[C@H](N6CCC(c7ccc8c(c7)C(=O)N(C7CCC(=O)NC7=O)C8=O)CC6)C5)CC4)ncc3Cl)ccc2n(C(C)C)c1=O. The third kappa shape index (κ3) is 8.66. The second-order valence-electron chi connectivity index (χ2n) is 17.7. The number of carbonyl (C=O) groups excluding carboxylic acids is 5. The average Bonchev–Trinajstić information content (AvgIpc) is 3.53. The summed E-state index contributed by atoms with van der Waals surface area (Å²) < 4.78 is 29.7. The third-order valence-electron chi connectivity index (χ3n) is 13.4. The molecule has 342 valence electrons. The van der Waals surface area contributed by atoms with Gasteiger partial charge in [0.05, 0.1) is 40.7 Å². The van der Waals surface area contributed by atoms with Crippen LogP contribution in [0.5, 0.6) is 5.75 Å². The molecule has 4 fully saturated rings. The smallest absolute Gasteiger partial charge is 0.293 e. The van der Waals surface area contributed by atoms with Crippen molar-refractivity contribution in [3.05, 3.63) is 80.5 Å². The number of benzene rings is 2. The second kappa shape index (κ2) is 18.1. The minimum absolute atomic E-state index is 0.0835. The predicted molar refractivity (Wildman–Crippen MR) is 238 cm³/mol. The first-order valence-electron chi connectivity index (χ1n) is 22.3. The number of likely N-dealkylation sites (N-methyl/N-ethyl adjacent to an activating group) is 1. The van der Waals surface area contributed by atoms with Gasteiger partial charge in [-0.25, -0.2) is 9.37 Å². The number of rotatable bonds is 12. The molecule has 2 aromatic carbocycles. The molecule has 3 saturated heterocycles. The van der Waals surface area contributed by atoms with E-state index in [0.29, 0.717) is 41.7 Å². The molecule has 1 atom stereocenters. The van der Waals surface area contributed by atoms with Crippen molar-refractivity contribution < 1.29 is 37.8 Å². The predicted octanol–water partition coefficient (Wildman–Crippen LogP) is 4.83. The van der Waals surface area contributed by atoms with Gasteiger partial charge in [-0.3, -0.25) is 39.0 Å². The summed E-state index contributed by atoms with van der Waals surface area (Å²) in [5.74, 6) is -2.27. The Morgan fingerprint density at radius 2 is 1.68 bits per heavy atom. The van der Waals surface area contributed by atoms with E-state index in [9.17, 15) is 28.8 Å². The number of halogens is 2. The topological polar surface area (TPSA) is 197 Å². The van der Waals surface area contributed by atoms with Crippen LogP contribution in [0.2, 0.25) is 5.02 Å². The van der Waals surface area contributed by atoms with E-state index >= 15 is 4.39 Å². The number of anilines is 3. The Morgan fingerprint density at radius 3 is 2.38 bits per heavy atom. The Bertz CT molecular complexity index is 2640. The summed E-state index contributed by atoms with van der Waals surface area (Å²) in [5, 5.41) is 8.03. The number of imide groups is 2. The standard InChI is InChI=1S/C46H51ClFN9O8/c1-24(2)56-35-7-6-34(40(48)32(35)21-37(45(56)63)64-23-39(59)49-3)51-41-33(47)22-50-46(53-41)55-16-12-28(13-17-55)65-29-19-27(20-29)54-14-10-25(11-15-54)26-4-5-30-31(18-26)44(62)57(43(30)61)36-8-9-38(58)52-42(36)60/h4-7,18,21-22,24-25,27-29,36H,8-17,19-20,23H2,1-3H3,(H,49,59)(H,50,51,53)(H,52,58,60)/t27-,29-,36?. The number of ether oxygens (including phenoxy) is 2. The fourth-order valence-corrected chi connectivity index (χ4v) is 9.89. The maximum absolute atomic E-state index is 16.2. The Labute approximate surface area is 379 Å². The minimum atomic E-state index is -0.980. The first-order valence-corrected chi connectivity index (χ1v) is 22.7. The summed E-state index contributed by atoms with van der Waals surface area (Å²) in [7, 11) is 1.45. The van der Waals surface area contributed by atoms with Gasteiger partial charge in [-0.05, 0) is 114 Å². The molecule has 4 aliphatic heterocycles. The van der Waals surface area contributed by atoms with E-state index in [0.717, 1.165) is 62.1 Å². The molecule has 3 N–H and O–H groups in total. The van der Waals surface area contributed by atoms with E-state index in [1.165, 1.54) is 29.9 Å². The van der Waals surface area contributed by atoms with Gasteiger partial charge in [0.2, 0.25) is 17.8 Å². The van der Waals surface area contributed by atoms with Crippen molar-refractivity contribution in [2.75, 3.05) is 50.1 Å². The number of aromatic nitrogens is 3. The Balaban J connectivity index is 0.755. The average molecular weight is 912 g/mol. The maximum atomic E-state index is 16.2. The van der Waals surface area contributed by atoms with Gasteiger partial charge in [0.15, 0.2) is 24.0 Å². The molecule has 1 unspecified atom stereocenters. The molecule has 0 bridgehead atoms. The summed E-state index contributed by atoms with van der Waals surface area (Å²) in [6, 6.07) is 9.09. The number of carbonyl (C=O) groups is 5. The summed E-state index contributed by atoms with van der Waals surface area (Å²) in [4.78, 5) is 90.5. The van der Waals surface area contributed by atoms with Crippen LogP contribution in [0.4, 0.5) is 21.8 Å². The number of piperidine rings is 3. The molecular formula is C46H51ClFN9O8. The Morgan fingerprint density at radius 1 is 0.938 bits per heavy atom. The molecule has 17 nitrogen and oxygen atoms in total. The highest BCUT2D eigenvalue weighted by Gasteiger charge is 2.45. The lowest BCUT2D eigenvalue weighted by molar-refractivity contribution is -0.136. The molecule has 1 saturated carbocycles. The number of nitrogens with zero attached hydrogens (tertiary/aromatic N) is 6. The van der Waals surface area contributed by atoms with Gasteiger partial charge in [-0.2, -0.15) is 4.98 Å². The second-order valence-corrected chi connectivity index (χ2v) is 18.1. The van der Waals surface area contributed by atoms with Crippen LogP contribution in [0.25, 0.3) is 10.9 Å². The summed E-state index contributed by atoms with van der Waals surface area (Å²) in [6.45, 7) is 6.41. The van der Waals surface area contributed by atoms with E-state index in [-0.39, 0.29) is 64.7 Å². The van der Waals surface area contributed by atoms with Crippen LogP contribution in [-0.4, -0.2) is 118 Å². The van der Waals surface area contributed by atoms with Crippen LogP contribution in [0.3, 0.4) is 0 Å². The molecule has 6 heterocycles. The highest BCUT2D eigenvalue weighted by Crippen LogP contribution is 2.38. The van der Waals surface area contributed by atoms with Gasteiger partial charge in [-0.1, -0.05) is 17.7 Å². The highest BCUT2D eigenvalue weighted by atomic mass is 35.5. The quantitative estimate of drug-likeness (QED) is 0.164. The zero-order valence-corrected chi connectivity index (χ0v) is 37.2. The van der Waals surface area contributed by atoms with Crippen LogP contribution in [0.1, 0.15) is 103 Å². The molecule has 2 aromatic heterocycles. The fraction of sp³-hybridized carbons (Fsp3) is 0.478. The summed E-state index contributed by atoms with van der Waals surface area (Å²) >= 11 is 6.52. The molecule has 5 amide bonds. The van der Waals surface area contributed by atoms with Crippen LogP contribution < -0.4 is 31.1 Å². The van der Waals surface area contributed by atoms with Crippen molar-refractivity contribution in [2.24, 2.45) is 0 Å². The van der Waals surface area contributed by atoms with Crippen molar-refractivity contribution in [3.63, 3.8) is 0 Å². The lowest BCUT2D eigenvalue weighted by atomic mass is 9.83. The molecule has 9 rings (SSSR count). The van der Waals surface area contributed by atoms with Gasteiger partial charge in [0.1, 0.15) is 11.1 Å². The zero-order valence-electron chi connectivity index (χ0n) is 36.4. The molecule has 5 aliphatic rings. The molecule has 4 aromatic rings. The molecular weight excluding hydrogens is 861 g/mol. The van der Waals surface area contributed by atoms with E-state index in [1.54, 1.807) is 26.0 Å². The van der Waals surface area contributed by atoms with E-state index in [2.05, 4.69) is 35.7 Å². The van der Waals surface area contributed by atoms with Gasteiger partial charge in [0.25, 0.3) is 23.3 Å². The maximum Gasteiger partial charge on any atom is 0.293 e. The minimum Gasteiger partial charge on any atom is -0.478 e. The van der Waals surface area contributed by atoms with Crippen molar-refractivity contribution in [1.29, 1.82) is 0 Å². The first-order chi connectivity index (χ1) is 31.3. The number of hydrogen-bond donors (Lipinski definition) is 3. The Kier molecular flexibility index (Phi) is 12.3.